The molecule has 0 N–H and O–H groups in total. The Hall–Kier alpha value is -1.36. The van der Waals surface area contributed by atoms with E-state index in [9.17, 15) is 0 Å². The van der Waals surface area contributed by atoms with E-state index < -0.39 is 17.0 Å². The first-order valence-corrected chi connectivity index (χ1v) is 7.55. The summed E-state index contributed by atoms with van der Waals surface area (Å²) in [5, 5.41) is 0. The molecule has 1 fully saturated rings. The highest BCUT2D eigenvalue weighted by Gasteiger charge is 2.54. The lowest BCUT2D eigenvalue weighted by Gasteiger charge is -2.30. The van der Waals surface area contributed by atoms with E-state index in [0.717, 1.165) is 5.56 Å². The van der Waals surface area contributed by atoms with E-state index in [0.29, 0.717) is 13.0 Å². The summed E-state index contributed by atoms with van der Waals surface area (Å²) in [7, 11) is 0. The van der Waals surface area contributed by atoms with Crippen molar-refractivity contribution in [2.24, 2.45) is 0 Å². The number of imidazole rings is 1. The fraction of sp³-hybridized carbons (Fsp3) is 0.438. The van der Waals surface area contributed by atoms with Gasteiger partial charge in [-0.25, -0.2) is 4.98 Å². The van der Waals surface area contributed by atoms with Crippen molar-refractivity contribution in [1.82, 2.24) is 9.55 Å². The highest BCUT2D eigenvalue weighted by Crippen LogP contribution is 2.47. The Morgan fingerprint density at radius 3 is 2.71 bits per heavy atom. The number of aromatic nitrogens is 2. The molecule has 1 aliphatic rings. The third-order valence-electron chi connectivity index (χ3n) is 4.02. The summed E-state index contributed by atoms with van der Waals surface area (Å²) in [6.07, 6.45) is 6.10. The molecule has 0 bridgehead atoms. The second kappa shape index (κ2) is 5.44. The van der Waals surface area contributed by atoms with Crippen molar-refractivity contribution in [2.45, 2.75) is 43.8 Å². The maximum Gasteiger partial charge on any atom is 0.189 e. The lowest BCUT2D eigenvalue weighted by Crippen LogP contribution is -2.37. The van der Waals surface area contributed by atoms with Gasteiger partial charge < -0.3 is 14.0 Å². The summed E-state index contributed by atoms with van der Waals surface area (Å²) in [6, 6.07) is 9.97. The SMILES string of the molecule is CCC1(Cn2ccnc2)OC(Cl)C(C)(c2ccccc2)O1. The van der Waals surface area contributed by atoms with Gasteiger partial charge in [0.15, 0.2) is 11.4 Å². The van der Waals surface area contributed by atoms with Crippen molar-refractivity contribution in [3.05, 3.63) is 54.6 Å². The topological polar surface area (TPSA) is 36.3 Å². The third-order valence-corrected chi connectivity index (χ3v) is 4.52. The molecule has 1 aromatic carbocycles. The molecule has 3 atom stereocenters. The average molecular weight is 307 g/mol. The van der Waals surface area contributed by atoms with Gasteiger partial charge in [0.2, 0.25) is 0 Å². The molecule has 2 aromatic rings. The van der Waals surface area contributed by atoms with Crippen molar-refractivity contribution in [3.63, 3.8) is 0 Å². The lowest BCUT2D eigenvalue weighted by atomic mass is 9.97. The highest BCUT2D eigenvalue weighted by atomic mass is 35.5. The van der Waals surface area contributed by atoms with Crippen LogP contribution in [0.1, 0.15) is 25.8 Å². The van der Waals surface area contributed by atoms with Crippen molar-refractivity contribution in [1.29, 1.82) is 0 Å². The highest BCUT2D eigenvalue weighted by molar-refractivity contribution is 6.20. The molecule has 0 saturated carbocycles. The maximum absolute atomic E-state index is 6.49. The Morgan fingerprint density at radius 1 is 1.33 bits per heavy atom. The van der Waals surface area contributed by atoms with Gasteiger partial charge >= 0.3 is 0 Å². The maximum atomic E-state index is 6.49. The number of hydrogen-bond acceptors (Lipinski definition) is 3. The van der Waals surface area contributed by atoms with Crippen LogP contribution in [-0.2, 0) is 21.6 Å². The van der Waals surface area contributed by atoms with E-state index in [-0.39, 0.29) is 0 Å². The molecular weight excluding hydrogens is 288 g/mol. The quantitative estimate of drug-likeness (QED) is 0.811. The standard InChI is InChI=1S/C16H19ClN2O2/c1-3-16(11-19-10-9-18-12-19)20-14(17)15(2,21-16)13-7-5-4-6-8-13/h4-10,12,14H,3,11H2,1-2H3. The Balaban J connectivity index is 1.90. The zero-order chi connectivity index (χ0) is 14.9. The minimum absolute atomic E-state index is 0.539. The molecule has 1 saturated heterocycles. The fourth-order valence-electron chi connectivity index (χ4n) is 2.71. The minimum Gasteiger partial charge on any atom is -0.333 e. The van der Waals surface area contributed by atoms with Crippen LogP contribution in [0.3, 0.4) is 0 Å². The predicted molar refractivity (Wildman–Crippen MR) is 80.9 cm³/mol. The molecule has 3 unspecified atom stereocenters. The van der Waals surface area contributed by atoms with Gasteiger partial charge in [-0.1, -0.05) is 48.9 Å². The number of hydrogen-bond donors (Lipinski definition) is 0. The van der Waals surface area contributed by atoms with Crippen LogP contribution in [-0.4, -0.2) is 20.9 Å². The normalized spacial score (nSPS) is 32.4. The number of alkyl halides is 1. The molecule has 0 radical (unpaired) electrons. The minimum atomic E-state index is -0.738. The zero-order valence-electron chi connectivity index (χ0n) is 12.2. The van der Waals surface area contributed by atoms with Crippen molar-refractivity contribution in [2.75, 3.05) is 0 Å². The summed E-state index contributed by atoms with van der Waals surface area (Å²) in [6.45, 7) is 4.58. The zero-order valence-corrected chi connectivity index (χ0v) is 13.0. The Morgan fingerprint density at radius 2 is 2.10 bits per heavy atom. The summed E-state index contributed by atoms with van der Waals surface area (Å²) in [4.78, 5) is 4.06. The van der Waals surface area contributed by atoms with Crippen molar-refractivity contribution in [3.8, 4) is 0 Å². The van der Waals surface area contributed by atoms with Crippen LogP contribution in [0.15, 0.2) is 49.1 Å². The molecule has 5 heteroatoms. The van der Waals surface area contributed by atoms with Gasteiger partial charge in [0.05, 0.1) is 12.9 Å². The molecule has 1 aliphatic heterocycles. The van der Waals surface area contributed by atoms with Crippen molar-refractivity contribution >= 4 is 11.6 Å². The fourth-order valence-corrected chi connectivity index (χ4v) is 3.05. The van der Waals surface area contributed by atoms with Gasteiger partial charge in [-0.3, -0.25) is 0 Å². The van der Waals surface area contributed by atoms with Crippen molar-refractivity contribution < 1.29 is 9.47 Å². The van der Waals surface area contributed by atoms with Crippen LogP contribution >= 0.6 is 11.6 Å². The van der Waals surface area contributed by atoms with E-state index >= 15 is 0 Å². The first kappa shape index (κ1) is 14.6. The largest absolute Gasteiger partial charge is 0.333 e. The monoisotopic (exact) mass is 306 g/mol. The number of benzene rings is 1. The van der Waals surface area contributed by atoms with E-state index in [1.54, 1.807) is 12.5 Å². The summed E-state index contributed by atoms with van der Waals surface area (Å²) < 4.78 is 14.3. The molecule has 2 heterocycles. The Kier molecular flexibility index (Phi) is 3.78. The Bertz CT molecular complexity index is 590. The number of nitrogens with zero attached hydrogens (tertiary/aromatic N) is 2. The summed E-state index contributed by atoms with van der Waals surface area (Å²) >= 11 is 6.49. The van der Waals surface area contributed by atoms with Crippen LogP contribution in [0.25, 0.3) is 0 Å². The van der Waals surface area contributed by atoms with Gasteiger partial charge in [-0.2, -0.15) is 0 Å². The molecule has 1 aromatic heterocycles. The number of ether oxygens (including phenoxy) is 2. The van der Waals surface area contributed by atoms with Crippen LogP contribution in [0.4, 0.5) is 0 Å². The molecule has 0 aliphatic carbocycles. The molecule has 21 heavy (non-hydrogen) atoms. The summed E-state index contributed by atoms with van der Waals surface area (Å²) in [5.41, 5.74) is -0.186. The van der Waals surface area contributed by atoms with Gasteiger partial charge in [-0.05, 0) is 12.5 Å². The molecular formula is C16H19ClN2O2. The number of halogens is 1. The molecule has 4 nitrogen and oxygen atoms in total. The Labute approximate surface area is 129 Å². The van der Waals surface area contributed by atoms with Gasteiger partial charge in [0.1, 0.15) is 5.60 Å². The molecule has 0 amide bonds. The first-order chi connectivity index (χ1) is 10.1. The molecule has 3 rings (SSSR count). The van der Waals surface area contributed by atoms with E-state index in [1.165, 1.54) is 0 Å². The molecule has 0 spiro atoms. The van der Waals surface area contributed by atoms with Crippen LogP contribution in [0.5, 0.6) is 0 Å². The van der Waals surface area contributed by atoms with Gasteiger partial charge in [-0.15, -0.1) is 0 Å². The molecule has 112 valence electrons. The van der Waals surface area contributed by atoms with Crippen LogP contribution in [0.2, 0.25) is 0 Å². The third kappa shape index (κ3) is 2.59. The van der Waals surface area contributed by atoms with Gasteiger partial charge in [0, 0.05) is 18.8 Å². The summed E-state index contributed by atoms with van der Waals surface area (Å²) in [5.74, 6) is -0.738. The lowest BCUT2D eigenvalue weighted by molar-refractivity contribution is -0.198. The number of rotatable bonds is 4. The second-order valence-electron chi connectivity index (χ2n) is 5.51. The van der Waals surface area contributed by atoms with E-state index in [4.69, 9.17) is 21.1 Å². The average Bonchev–Trinajstić information content (AvgIpc) is 3.08. The van der Waals surface area contributed by atoms with Crippen LogP contribution < -0.4 is 0 Å². The van der Waals surface area contributed by atoms with Gasteiger partial charge in [0.25, 0.3) is 0 Å². The van der Waals surface area contributed by atoms with E-state index in [1.807, 2.05) is 54.9 Å². The van der Waals surface area contributed by atoms with E-state index in [2.05, 4.69) is 4.98 Å². The smallest absolute Gasteiger partial charge is 0.189 e. The van der Waals surface area contributed by atoms with Crippen LogP contribution in [0, 0.1) is 0 Å². The second-order valence-corrected chi connectivity index (χ2v) is 5.90. The first-order valence-electron chi connectivity index (χ1n) is 7.11. The predicted octanol–water partition coefficient (Wildman–Crippen LogP) is 3.52.